The van der Waals surface area contributed by atoms with Crippen LogP contribution in [0.5, 0.6) is 0 Å². The van der Waals surface area contributed by atoms with Gasteiger partial charge in [0.05, 0.1) is 0 Å². The van der Waals surface area contributed by atoms with Crippen LogP contribution in [-0.4, -0.2) is 16.5 Å². The second kappa shape index (κ2) is 5.10. The Kier molecular flexibility index (Phi) is 3.46. The predicted octanol–water partition coefficient (Wildman–Crippen LogP) is 3.62. The smallest absolute Gasteiger partial charge is 0.136 e. The van der Waals surface area contributed by atoms with Gasteiger partial charge in [0.25, 0.3) is 0 Å². The standard InChI is InChI=1S/C16H25N3/c1-3-11-17-14-12-7-5-4-6-8-13(12)18-15(19-14)16(2)9-10-16/h3-11H2,1-2H3,(H,17,18,19). The number of aromatic nitrogens is 2. The number of fused-ring (bicyclic) bond motifs is 1. The summed E-state index contributed by atoms with van der Waals surface area (Å²) in [6.07, 6.45) is 9.83. The number of hydrogen-bond donors (Lipinski definition) is 1. The Balaban J connectivity index is 1.98. The molecule has 1 fully saturated rings. The van der Waals surface area contributed by atoms with Gasteiger partial charge < -0.3 is 5.32 Å². The third-order valence-electron chi connectivity index (χ3n) is 4.52. The van der Waals surface area contributed by atoms with Gasteiger partial charge in [0, 0.05) is 23.2 Å². The summed E-state index contributed by atoms with van der Waals surface area (Å²) in [5.74, 6) is 2.23. The van der Waals surface area contributed by atoms with Gasteiger partial charge in [-0.05, 0) is 44.9 Å². The minimum absolute atomic E-state index is 0.268. The molecule has 0 atom stereocenters. The van der Waals surface area contributed by atoms with Crippen LogP contribution < -0.4 is 5.32 Å². The van der Waals surface area contributed by atoms with E-state index in [1.165, 1.54) is 43.4 Å². The molecule has 0 radical (unpaired) electrons. The molecule has 1 saturated carbocycles. The lowest BCUT2D eigenvalue weighted by Gasteiger charge is -2.17. The van der Waals surface area contributed by atoms with Crippen LogP contribution in [-0.2, 0) is 18.3 Å². The van der Waals surface area contributed by atoms with Crippen molar-refractivity contribution in [2.45, 2.75) is 70.6 Å². The maximum Gasteiger partial charge on any atom is 0.136 e. The van der Waals surface area contributed by atoms with Gasteiger partial charge in [-0.3, -0.25) is 0 Å². The maximum atomic E-state index is 4.92. The topological polar surface area (TPSA) is 37.8 Å². The lowest BCUT2D eigenvalue weighted by atomic mass is 10.1. The van der Waals surface area contributed by atoms with Gasteiger partial charge in [-0.2, -0.15) is 0 Å². The average Bonchev–Trinajstić information content (AvgIpc) is 3.19. The van der Waals surface area contributed by atoms with Gasteiger partial charge in [-0.15, -0.1) is 0 Å². The molecule has 1 aromatic rings. The van der Waals surface area contributed by atoms with E-state index in [-0.39, 0.29) is 5.41 Å². The van der Waals surface area contributed by atoms with Crippen molar-refractivity contribution in [2.24, 2.45) is 0 Å². The first-order chi connectivity index (χ1) is 9.23. The fourth-order valence-electron chi connectivity index (χ4n) is 2.84. The van der Waals surface area contributed by atoms with Gasteiger partial charge >= 0.3 is 0 Å². The van der Waals surface area contributed by atoms with Gasteiger partial charge in [-0.1, -0.05) is 20.3 Å². The highest BCUT2D eigenvalue weighted by atomic mass is 15.1. The van der Waals surface area contributed by atoms with Gasteiger partial charge in [0.2, 0.25) is 0 Å². The zero-order valence-electron chi connectivity index (χ0n) is 12.3. The number of nitrogens with one attached hydrogen (secondary N) is 1. The molecular weight excluding hydrogens is 234 g/mol. The second-order valence-electron chi connectivity index (χ2n) is 6.37. The van der Waals surface area contributed by atoms with E-state index >= 15 is 0 Å². The SMILES string of the molecule is CCCNc1nc(C2(C)CC2)nc2c1CCCCC2. The molecule has 0 amide bonds. The van der Waals surface area contributed by atoms with E-state index in [1.54, 1.807) is 0 Å². The van der Waals surface area contributed by atoms with E-state index in [9.17, 15) is 0 Å². The summed E-state index contributed by atoms with van der Waals surface area (Å²) in [5, 5.41) is 3.54. The zero-order valence-corrected chi connectivity index (χ0v) is 12.3. The number of anilines is 1. The summed E-state index contributed by atoms with van der Waals surface area (Å²) < 4.78 is 0. The van der Waals surface area contributed by atoms with E-state index < -0.39 is 0 Å². The summed E-state index contributed by atoms with van der Waals surface area (Å²) in [4.78, 5) is 9.80. The van der Waals surface area contributed by atoms with Crippen LogP contribution in [0.3, 0.4) is 0 Å². The number of nitrogens with zero attached hydrogens (tertiary/aromatic N) is 2. The van der Waals surface area contributed by atoms with Crippen molar-refractivity contribution in [1.29, 1.82) is 0 Å². The summed E-state index contributed by atoms with van der Waals surface area (Å²) in [6, 6.07) is 0. The molecule has 0 bridgehead atoms. The Labute approximate surface area is 116 Å². The van der Waals surface area contributed by atoms with Crippen molar-refractivity contribution in [3.8, 4) is 0 Å². The quantitative estimate of drug-likeness (QED) is 0.839. The molecule has 2 aliphatic carbocycles. The average molecular weight is 259 g/mol. The van der Waals surface area contributed by atoms with Crippen molar-refractivity contribution in [2.75, 3.05) is 11.9 Å². The molecule has 0 aromatic carbocycles. The Hall–Kier alpha value is -1.12. The first kappa shape index (κ1) is 12.9. The highest BCUT2D eigenvalue weighted by Gasteiger charge is 2.42. The van der Waals surface area contributed by atoms with Crippen LogP contribution in [0.25, 0.3) is 0 Å². The Morgan fingerprint density at radius 2 is 1.89 bits per heavy atom. The zero-order chi connectivity index (χ0) is 13.3. The van der Waals surface area contributed by atoms with Crippen molar-refractivity contribution in [3.05, 3.63) is 17.1 Å². The third-order valence-corrected chi connectivity index (χ3v) is 4.52. The lowest BCUT2D eigenvalue weighted by Crippen LogP contribution is -2.15. The molecule has 104 valence electrons. The molecule has 3 nitrogen and oxygen atoms in total. The van der Waals surface area contributed by atoms with Crippen molar-refractivity contribution >= 4 is 5.82 Å². The molecule has 19 heavy (non-hydrogen) atoms. The van der Waals surface area contributed by atoms with Crippen LogP contribution in [0.4, 0.5) is 5.82 Å². The Morgan fingerprint density at radius 1 is 1.11 bits per heavy atom. The lowest BCUT2D eigenvalue weighted by molar-refractivity contribution is 0.686. The molecule has 1 N–H and O–H groups in total. The van der Waals surface area contributed by atoms with Crippen LogP contribution in [0.15, 0.2) is 0 Å². The molecule has 0 spiro atoms. The highest BCUT2D eigenvalue weighted by molar-refractivity contribution is 5.48. The summed E-state index contributed by atoms with van der Waals surface area (Å²) in [5.41, 5.74) is 3.00. The summed E-state index contributed by atoms with van der Waals surface area (Å²) in [6.45, 7) is 5.52. The van der Waals surface area contributed by atoms with Crippen molar-refractivity contribution in [3.63, 3.8) is 0 Å². The van der Waals surface area contributed by atoms with Crippen LogP contribution in [0, 0.1) is 0 Å². The van der Waals surface area contributed by atoms with E-state index in [1.807, 2.05) is 0 Å². The Bertz CT molecular complexity index is 463. The molecule has 0 aliphatic heterocycles. The van der Waals surface area contributed by atoms with E-state index in [0.717, 1.165) is 37.4 Å². The number of hydrogen-bond acceptors (Lipinski definition) is 3. The second-order valence-corrected chi connectivity index (χ2v) is 6.37. The van der Waals surface area contributed by atoms with Crippen LogP contribution in [0.1, 0.15) is 69.5 Å². The third kappa shape index (κ3) is 2.60. The molecule has 3 rings (SSSR count). The van der Waals surface area contributed by atoms with Gasteiger partial charge in [-0.25, -0.2) is 9.97 Å². The number of aryl methyl sites for hydroxylation is 1. The largest absolute Gasteiger partial charge is 0.370 e. The van der Waals surface area contributed by atoms with E-state index in [2.05, 4.69) is 19.2 Å². The summed E-state index contributed by atoms with van der Waals surface area (Å²) in [7, 11) is 0. The van der Waals surface area contributed by atoms with Crippen molar-refractivity contribution in [1.82, 2.24) is 9.97 Å². The first-order valence-electron chi connectivity index (χ1n) is 7.87. The minimum Gasteiger partial charge on any atom is -0.370 e. The molecule has 0 saturated heterocycles. The maximum absolute atomic E-state index is 4.92. The summed E-state index contributed by atoms with van der Waals surface area (Å²) >= 11 is 0. The first-order valence-corrected chi connectivity index (χ1v) is 7.87. The van der Waals surface area contributed by atoms with Crippen LogP contribution >= 0.6 is 0 Å². The Morgan fingerprint density at radius 3 is 2.63 bits per heavy atom. The molecule has 1 aromatic heterocycles. The molecular formula is C16H25N3. The fraction of sp³-hybridized carbons (Fsp3) is 0.750. The number of rotatable bonds is 4. The highest BCUT2D eigenvalue weighted by Crippen LogP contribution is 2.46. The van der Waals surface area contributed by atoms with Crippen molar-refractivity contribution < 1.29 is 0 Å². The van der Waals surface area contributed by atoms with Gasteiger partial charge in [0.1, 0.15) is 11.6 Å². The van der Waals surface area contributed by atoms with E-state index in [4.69, 9.17) is 9.97 Å². The normalized spacial score (nSPS) is 20.5. The molecule has 1 heterocycles. The monoisotopic (exact) mass is 259 g/mol. The molecule has 2 aliphatic rings. The van der Waals surface area contributed by atoms with Crippen LogP contribution in [0.2, 0.25) is 0 Å². The minimum atomic E-state index is 0.268. The molecule has 0 unspecified atom stereocenters. The fourth-order valence-corrected chi connectivity index (χ4v) is 2.84. The molecule has 3 heteroatoms. The van der Waals surface area contributed by atoms with Gasteiger partial charge in [0.15, 0.2) is 0 Å². The predicted molar refractivity (Wildman–Crippen MR) is 78.7 cm³/mol. The van der Waals surface area contributed by atoms with E-state index in [0.29, 0.717) is 0 Å².